The average molecular weight is 544 g/mol. The van der Waals surface area contributed by atoms with Gasteiger partial charge in [0.25, 0.3) is 0 Å². The zero-order chi connectivity index (χ0) is 27.7. The fourth-order valence-corrected chi connectivity index (χ4v) is 6.69. The number of hydrogen-bond donors (Lipinski definition) is 2. The summed E-state index contributed by atoms with van der Waals surface area (Å²) in [7, 11) is 0. The number of carbonyl (C=O) groups excluding carboxylic acids is 4. The third kappa shape index (κ3) is 3.70. The number of ketones is 2. The van der Waals surface area contributed by atoms with Crippen LogP contribution in [0.15, 0.2) is 76.9 Å². The molecule has 0 spiro atoms. The van der Waals surface area contributed by atoms with Crippen molar-refractivity contribution >= 4 is 46.6 Å². The number of Topliss-reactive ketones (excluding diaryl/α,β-unsaturated/α-hetero) is 1. The third-order valence-corrected chi connectivity index (χ3v) is 8.45. The molecular formula is C30H22ClNO7. The number of allylic oxidation sites excluding steroid dienone is 6. The first kappa shape index (κ1) is 25.0. The molecule has 1 fully saturated rings. The number of carbonyl (C=O) groups is 5. The van der Waals surface area contributed by atoms with E-state index in [4.69, 9.17) is 11.6 Å². The van der Waals surface area contributed by atoms with Crippen molar-refractivity contribution in [2.45, 2.75) is 25.7 Å². The molecule has 1 aliphatic heterocycles. The van der Waals surface area contributed by atoms with Gasteiger partial charge in [-0.05, 0) is 68.2 Å². The van der Waals surface area contributed by atoms with E-state index in [0.717, 1.165) is 4.90 Å². The van der Waals surface area contributed by atoms with Crippen molar-refractivity contribution in [3.63, 3.8) is 0 Å². The SMILES string of the molecule is CC1=CC(=O)C2=C(C1=O)[C@@H](c1cc(Cl)ccc1O)C1=CC[C@@H]3C(=O)N(c4cccc(C(=O)O)c4)C(=O)[C@@H]3[C@@H]1C2. The van der Waals surface area contributed by atoms with Crippen LogP contribution in [0.5, 0.6) is 5.75 Å². The molecule has 0 aromatic heterocycles. The smallest absolute Gasteiger partial charge is 0.335 e. The maximum absolute atomic E-state index is 13.9. The van der Waals surface area contributed by atoms with Crippen molar-refractivity contribution in [1.29, 1.82) is 0 Å². The summed E-state index contributed by atoms with van der Waals surface area (Å²) in [6, 6.07) is 10.1. The Morgan fingerprint density at radius 3 is 2.54 bits per heavy atom. The van der Waals surface area contributed by atoms with E-state index in [1.807, 2.05) is 6.08 Å². The summed E-state index contributed by atoms with van der Waals surface area (Å²) in [5.41, 5.74) is 1.97. The van der Waals surface area contributed by atoms with Crippen LogP contribution in [-0.2, 0) is 19.2 Å². The molecular weight excluding hydrogens is 522 g/mol. The number of amides is 2. The number of carboxylic acid groups (broad SMARTS) is 1. The van der Waals surface area contributed by atoms with Crippen LogP contribution in [0.25, 0.3) is 0 Å². The molecule has 2 amide bonds. The number of hydrogen-bond acceptors (Lipinski definition) is 6. The normalized spacial score (nSPS) is 26.2. The zero-order valence-electron chi connectivity index (χ0n) is 20.7. The van der Waals surface area contributed by atoms with Crippen molar-refractivity contribution in [3.8, 4) is 5.75 Å². The van der Waals surface area contributed by atoms with Crippen molar-refractivity contribution in [3.05, 3.63) is 93.1 Å². The molecule has 2 aromatic rings. The standard InChI is InChI=1S/C30H22ClNO7/c1-13-9-23(34)21-12-19-17(24(26(21)27(13)35)20-11-15(31)5-8-22(20)33)6-7-18-25(19)29(37)32(28(18)36)16-4-2-3-14(10-16)30(38)39/h2-6,8-11,18-19,24-25,33H,7,12H2,1H3,(H,38,39)/t18-,19+,24+,25-/m0/s1. The summed E-state index contributed by atoms with van der Waals surface area (Å²) < 4.78 is 0. The van der Waals surface area contributed by atoms with E-state index < -0.39 is 41.5 Å². The van der Waals surface area contributed by atoms with Gasteiger partial charge in [0, 0.05) is 33.2 Å². The molecule has 0 bridgehead atoms. The Labute approximate surface area is 227 Å². The minimum absolute atomic E-state index is 0.0563. The molecule has 4 aliphatic rings. The lowest BCUT2D eigenvalue weighted by molar-refractivity contribution is -0.123. The van der Waals surface area contributed by atoms with Crippen molar-refractivity contribution in [2.75, 3.05) is 4.90 Å². The van der Waals surface area contributed by atoms with Gasteiger partial charge < -0.3 is 10.2 Å². The van der Waals surface area contributed by atoms with Gasteiger partial charge in [-0.25, -0.2) is 4.79 Å². The van der Waals surface area contributed by atoms with Crippen LogP contribution in [0.4, 0.5) is 5.69 Å². The molecule has 196 valence electrons. The quantitative estimate of drug-likeness (QED) is 0.334. The van der Waals surface area contributed by atoms with Gasteiger partial charge in [0.15, 0.2) is 11.6 Å². The number of carboxylic acids is 1. The summed E-state index contributed by atoms with van der Waals surface area (Å²) in [5.74, 6) is -5.78. The van der Waals surface area contributed by atoms with E-state index in [1.54, 1.807) is 13.0 Å². The van der Waals surface area contributed by atoms with Gasteiger partial charge in [-0.2, -0.15) is 0 Å². The maximum Gasteiger partial charge on any atom is 0.335 e. The number of imide groups is 1. The lowest BCUT2D eigenvalue weighted by Crippen LogP contribution is -2.39. The first-order valence-electron chi connectivity index (χ1n) is 12.5. The van der Waals surface area contributed by atoms with Gasteiger partial charge in [-0.15, -0.1) is 0 Å². The monoisotopic (exact) mass is 543 g/mol. The van der Waals surface area contributed by atoms with Crippen LogP contribution in [0, 0.1) is 17.8 Å². The number of benzene rings is 2. The van der Waals surface area contributed by atoms with Crippen molar-refractivity contribution in [1.82, 2.24) is 0 Å². The van der Waals surface area contributed by atoms with Gasteiger partial charge in [-0.1, -0.05) is 29.3 Å². The molecule has 2 aromatic carbocycles. The summed E-state index contributed by atoms with van der Waals surface area (Å²) in [6.07, 6.45) is 3.44. The molecule has 4 atom stereocenters. The predicted octanol–water partition coefficient (Wildman–Crippen LogP) is 4.38. The number of halogens is 1. The average Bonchev–Trinajstić information content (AvgIpc) is 3.17. The number of fused-ring (bicyclic) bond motifs is 3. The Morgan fingerprint density at radius 1 is 1.03 bits per heavy atom. The van der Waals surface area contributed by atoms with E-state index in [0.29, 0.717) is 16.2 Å². The molecule has 2 N–H and O–H groups in total. The van der Waals surface area contributed by atoms with Gasteiger partial charge in [-0.3, -0.25) is 24.1 Å². The summed E-state index contributed by atoms with van der Waals surface area (Å²) in [4.78, 5) is 66.6. The third-order valence-electron chi connectivity index (χ3n) is 8.22. The fourth-order valence-electron chi connectivity index (χ4n) is 6.51. The number of anilines is 1. The van der Waals surface area contributed by atoms with Crippen molar-refractivity contribution < 1.29 is 34.2 Å². The van der Waals surface area contributed by atoms with Crippen LogP contribution >= 0.6 is 11.6 Å². The Morgan fingerprint density at radius 2 is 1.79 bits per heavy atom. The minimum atomic E-state index is -1.18. The lowest BCUT2D eigenvalue weighted by atomic mass is 9.59. The van der Waals surface area contributed by atoms with E-state index in [9.17, 15) is 34.2 Å². The number of phenols is 1. The Balaban J connectivity index is 1.49. The highest BCUT2D eigenvalue weighted by molar-refractivity contribution is 6.30. The molecule has 1 heterocycles. The topological polar surface area (TPSA) is 129 Å². The summed E-state index contributed by atoms with van der Waals surface area (Å²) in [6.45, 7) is 1.57. The van der Waals surface area contributed by atoms with Crippen molar-refractivity contribution in [2.24, 2.45) is 17.8 Å². The highest BCUT2D eigenvalue weighted by atomic mass is 35.5. The number of nitrogens with zero attached hydrogens (tertiary/aromatic N) is 1. The van der Waals surface area contributed by atoms with E-state index in [2.05, 4.69) is 0 Å². The number of aromatic hydroxyl groups is 1. The van der Waals surface area contributed by atoms with Gasteiger partial charge in [0.05, 0.1) is 23.1 Å². The summed E-state index contributed by atoms with van der Waals surface area (Å²) in [5, 5.41) is 20.6. The second-order valence-electron chi connectivity index (χ2n) is 10.3. The van der Waals surface area contributed by atoms with E-state index in [-0.39, 0.29) is 58.1 Å². The van der Waals surface area contributed by atoms with Crippen LogP contribution in [0.1, 0.15) is 41.6 Å². The first-order valence-corrected chi connectivity index (χ1v) is 12.9. The van der Waals surface area contributed by atoms with E-state index in [1.165, 1.54) is 42.5 Å². The predicted molar refractivity (Wildman–Crippen MR) is 140 cm³/mol. The number of phenolic OH excluding ortho intramolecular Hbond substituents is 1. The molecule has 39 heavy (non-hydrogen) atoms. The molecule has 0 saturated carbocycles. The highest BCUT2D eigenvalue weighted by Gasteiger charge is 2.56. The van der Waals surface area contributed by atoms with Gasteiger partial charge in [0.2, 0.25) is 11.8 Å². The molecule has 0 radical (unpaired) electrons. The maximum atomic E-state index is 13.9. The summed E-state index contributed by atoms with van der Waals surface area (Å²) >= 11 is 6.28. The Hall–Kier alpha value is -4.30. The highest BCUT2D eigenvalue weighted by Crippen LogP contribution is 2.56. The minimum Gasteiger partial charge on any atom is -0.508 e. The first-order chi connectivity index (χ1) is 18.6. The van der Waals surface area contributed by atoms with Gasteiger partial charge in [0.1, 0.15) is 5.75 Å². The lowest BCUT2D eigenvalue weighted by Gasteiger charge is -2.42. The molecule has 3 aliphatic carbocycles. The molecule has 0 unspecified atom stereocenters. The number of rotatable bonds is 3. The molecule has 8 nitrogen and oxygen atoms in total. The zero-order valence-corrected chi connectivity index (χ0v) is 21.4. The van der Waals surface area contributed by atoms with Crippen LogP contribution in [0.3, 0.4) is 0 Å². The van der Waals surface area contributed by atoms with Gasteiger partial charge >= 0.3 is 5.97 Å². The van der Waals surface area contributed by atoms with Crippen LogP contribution in [-0.4, -0.2) is 39.6 Å². The Kier molecular flexibility index (Phi) is 5.69. The fraction of sp³-hybridized carbons (Fsp3) is 0.233. The molecule has 1 saturated heterocycles. The van der Waals surface area contributed by atoms with Crippen LogP contribution < -0.4 is 4.90 Å². The second-order valence-corrected chi connectivity index (χ2v) is 10.7. The largest absolute Gasteiger partial charge is 0.508 e. The van der Waals surface area contributed by atoms with Crippen LogP contribution in [0.2, 0.25) is 5.02 Å². The molecule has 9 heteroatoms. The Bertz CT molecular complexity index is 1630. The second kappa shape index (κ2) is 8.88. The number of aromatic carboxylic acids is 1. The van der Waals surface area contributed by atoms with E-state index >= 15 is 0 Å². The molecule has 6 rings (SSSR count).